The van der Waals surface area contributed by atoms with E-state index in [4.69, 9.17) is 16.3 Å². The Morgan fingerprint density at radius 3 is 2.35 bits per heavy atom. The molecule has 23 heavy (non-hydrogen) atoms. The van der Waals surface area contributed by atoms with Gasteiger partial charge in [-0.3, -0.25) is 4.79 Å². The highest BCUT2D eigenvalue weighted by atomic mass is 35.5. The van der Waals surface area contributed by atoms with Gasteiger partial charge in [-0.15, -0.1) is 0 Å². The zero-order chi connectivity index (χ0) is 16.4. The lowest BCUT2D eigenvalue weighted by Gasteiger charge is -2.02. The first kappa shape index (κ1) is 15.3. The molecular formula is C18H15ClN2O2. The SMILES string of the molecule is COc1ccc(-c2cn(C(=O)c3ccc(Cl)cc3)nc2C)cc1. The first-order valence-corrected chi connectivity index (χ1v) is 7.47. The van der Waals surface area contributed by atoms with Crippen molar-refractivity contribution in [2.24, 2.45) is 0 Å². The first-order chi connectivity index (χ1) is 11.1. The normalized spacial score (nSPS) is 10.6. The monoisotopic (exact) mass is 326 g/mol. The first-order valence-electron chi connectivity index (χ1n) is 7.09. The van der Waals surface area contributed by atoms with E-state index in [1.165, 1.54) is 4.68 Å². The van der Waals surface area contributed by atoms with E-state index in [0.717, 1.165) is 22.6 Å². The Kier molecular flexibility index (Phi) is 4.17. The second kappa shape index (κ2) is 6.26. The maximum absolute atomic E-state index is 12.5. The van der Waals surface area contributed by atoms with E-state index < -0.39 is 0 Å². The van der Waals surface area contributed by atoms with Gasteiger partial charge in [-0.1, -0.05) is 23.7 Å². The Hall–Kier alpha value is -2.59. The van der Waals surface area contributed by atoms with Gasteiger partial charge < -0.3 is 4.74 Å². The van der Waals surface area contributed by atoms with Crippen LogP contribution in [0.2, 0.25) is 5.02 Å². The van der Waals surface area contributed by atoms with Crippen molar-refractivity contribution >= 4 is 17.5 Å². The highest BCUT2D eigenvalue weighted by molar-refractivity contribution is 6.30. The van der Waals surface area contributed by atoms with Crippen LogP contribution in [0.15, 0.2) is 54.7 Å². The number of nitrogens with zero attached hydrogens (tertiary/aromatic N) is 2. The number of rotatable bonds is 3. The van der Waals surface area contributed by atoms with Gasteiger partial charge in [-0.05, 0) is 48.9 Å². The molecule has 5 heteroatoms. The number of aryl methyl sites for hydroxylation is 1. The number of hydrogen-bond donors (Lipinski definition) is 0. The summed E-state index contributed by atoms with van der Waals surface area (Å²) in [7, 11) is 1.63. The molecule has 116 valence electrons. The molecule has 0 N–H and O–H groups in total. The highest BCUT2D eigenvalue weighted by Gasteiger charge is 2.14. The topological polar surface area (TPSA) is 44.1 Å². The highest BCUT2D eigenvalue weighted by Crippen LogP contribution is 2.25. The molecule has 2 aromatic carbocycles. The van der Waals surface area contributed by atoms with E-state index in [1.54, 1.807) is 37.6 Å². The molecule has 3 rings (SSSR count). The molecule has 0 amide bonds. The number of carbonyl (C=O) groups is 1. The van der Waals surface area contributed by atoms with Crippen molar-refractivity contribution in [1.82, 2.24) is 9.78 Å². The van der Waals surface area contributed by atoms with Crippen molar-refractivity contribution in [3.8, 4) is 16.9 Å². The van der Waals surface area contributed by atoms with Gasteiger partial charge in [0.25, 0.3) is 5.91 Å². The van der Waals surface area contributed by atoms with E-state index in [1.807, 2.05) is 31.2 Å². The van der Waals surface area contributed by atoms with Gasteiger partial charge in [0, 0.05) is 22.3 Å². The predicted octanol–water partition coefficient (Wildman–Crippen LogP) is 4.21. The summed E-state index contributed by atoms with van der Waals surface area (Å²) in [5, 5.41) is 4.93. The molecule has 0 aliphatic carbocycles. The summed E-state index contributed by atoms with van der Waals surface area (Å²) in [6.07, 6.45) is 1.74. The Balaban J connectivity index is 1.93. The van der Waals surface area contributed by atoms with Crippen molar-refractivity contribution in [1.29, 1.82) is 0 Å². The number of methoxy groups -OCH3 is 1. The summed E-state index contributed by atoms with van der Waals surface area (Å²) in [5.41, 5.74) is 3.23. The fourth-order valence-electron chi connectivity index (χ4n) is 2.34. The molecule has 4 nitrogen and oxygen atoms in total. The molecule has 3 aromatic rings. The quantitative estimate of drug-likeness (QED) is 0.724. The average Bonchev–Trinajstić information content (AvgIpc) is 2.97. The summed E-state index contributed by atoms with van der Waals surface area (Å²) >= 11 is 5.85. The molecule has 0 bridgehead atoms. The number of ether oxygens (including phenoxy) is 1. The van der Waals surface area contributed by atoms with Crippen LogP contribution in [0.25, 0.3) is 11.1 Å². The molecule has 0 aliphatic heterocycles. The van der Waals surface area contributed by atoms with Gasteiger partial charge >= 0.3 is 0 Å². The van der Waals surface area contributed by atoms with Crippen LogP contribution in [-0.2, 0) is 0 Å². The summed E-state index contributed by atoms with van der Waals surface area (Å²) in [4.78, 5) is 12.5. The molecule has 0 fully saturated rings. The fourth-order valence-corrected chi connectivity index (χ4v) is 2.47. The lowest BCUT2D eigenvalue weighted by molar-refractivity contribution is 0.0944. The third-order valence-corrected chi connectivity index (χ3v) is 3.85. The van der Waals surface area contributed by atoms with Crippen LogP contribution in [0, 0.1) is 6.92 Å². The van der Waals surface area contributed by atoms with Crippen LogP contribution >= 0.6 is 11.6 Å². The van der Waals surface area contributed by atoms with Crippen molar-refractivity contribution in [2.75, 3.05) is 7.11 Å². The van der Waals surface area contributed by atoms with Crippen molar-refractivity contribution in [3.05, 3.63) is 71.0 Å². The molecule has 1 heterocycles. The van der Waals surface area contributed by atoms with Crippen molar-refractivity contribution in [3.63, 3.8) is 0 Å². The van der Waals surface area contributed by atoms with E-state index >= 15 is 0 Å². The largest absolute Gasteiger partial charge is 0.497 e. The zero-order valence-corrected chi connectivity index (χ0v) is 13.5. The van der Waals surface area contributed by atoms with Crippen LogP contribution in [0.3, 0.4) is 0 Å². The number of carbonyl (C=O) groups excluding carboxylic acids is 1. The Labute approximate surface area is 139 Å². The molecule has 0 radical (unpaired) electrons. The standard InChI is InChI=1S/C18H15ClN2O2/c1-12-17(13-5-9-16(23-2)10-6-13)11-21(20-12)18(22)14-3-7-15(19)8-4-14/h3-11H,1-2H3. The van der Waals surface area contributed by atoms with E-state index in [-0.39, 0.29) is 5.91 Å². The van der Waals surface area contributed by atoms with Crippen LogP contribution < -0.4 is 4.74 Å². The fraction of sp³-hybridized carbons (Fsp3) is 0.111. The number of aromatic nitrogens is 2. The summed E-state index contributed by atoms with van der Waals surface area (Å²) in [6.45, 7) is 1.88. The molecular weight excluding hydrogens is 312 g/mol. The van der Waals surface area contributed by atoms with Gasteiger partial charge in [0.05, 0.1) is 12.8 Å². The Bertz CT molecular complexity index is 836. The molecule has 0 aliphatic rings. The van der Waals surface area contributed by atoms with Crippen LogP contribution in [0.5, 0.6) is 5.75 Å². The molecule has 0 atom stereocenters. The summed E-state index contributed by atoms with van der Waals surface area (Å²) < 4.78 is 6.52. The van der Waals surface area contributed by atoms with E-state index in [2.05, 4.69) is 5.10 Å². The van der Waals surface area contributed by atoms with Gasteiger partial charge in [-0.2, -0.15) is 5.10 Å². The second-order valence-electron chi connectivity index (χ2n) is 5.11. The van der Waals surface area contributed by atoms with Crippen molar-refractivity contribution < 1.29 is 9.53 Å². The zero-order valence-electron chi connectivity index (χ0n) is 12.8. The van der Waals surface area contributed by atoms with Gasteiger partial charge in [-0.25, -0.2) is 4.68 Å². The number of halogens is 1. The molecule has 0 saturated heterocycles. The van der Waals surface area contributed by atoms with Gasteiger partial charge in [0.2, 0.25) is 0 Å². The van der Waals surface area contributed by atoms with Crippen LogP contribution in [-0.4, -0.2) is 22.8 Å². The average molecular weight is 327 g/mol. The number of benzene rings is 2. The maximum atomic E-state index is 12.5. The lowest BCUT2D eigenvalue weighted by Crippen LogP contribution is -2.12. The lowest BCUT2D eigenvalue weighted by atomic mass is 10.1. The van der Waals surface area contributed by atoms with E-state index in [0.29, 0.717) is 10.6 Å². The Morgan fingerprint density at radius 2 is 1.74 bits per heavy atom. The van der Waals surface area contributed by atoms with Crippen LogP contribution in [0.1, 0.15) is 16.1 Å². The third-order valence-electron chi connectivity index (χ3n) is 3.60. The van der Waals surface area contributed by atoms with Gasteiger partial charge in [0.15, 0.2) is 0 Å². The van der Waals surface area contributed by atoms with Gasteiger partial charge in [0.1, 0.15) is 5.75 Å². The predicted molar refractivity (Wildman–Crippen MR) is 90.1 cm³/mol. The minimum absolute atomic E-state index is 0.190. The third kappa shape index (κ3) is 3.12. The minimum atomic E-state index is -0.190. The van der Waals surface area contributed by atoms with Crippen LogP contribution in [0.4, 0.5) is 0 Å². The van der Waals surface area contributed by atoms with E-state index in [9.17, 15) is 4.79 Å². The molecule has 0 unspecified atom stereocenters. The minimum Gasteiger partial charge on any atom is -0.497 e. The molecule has 1 aromatic heterocycles. The summed E-state index contributed by atoms with van der Waals surface area (Å²) in [6, 6.07) is 14.4. The summed E-state index contributed by atoms with van der Waals surface area (Å²) in [5.74, 6) is 0.598. The smallest absolute Gasteiger partial charge is 0.278 e. The number of hydrogen-bond acceptors (Lipinski definition) is 3. The maximum Gasteiger partial charge on any atom is 0.278 e. The molecule has 0 saturated carbocycles. The van der Waals surface area contributed by atoms with Crippen molar-refractivity contribution in [2.45, 2.75) is 6.92 Å². The Morgan fingerprint density at radius 1 is 1.09 bits per heavy atom. The second-order valence-corrected chi connectivity index (χ2v) is 5.55. The molecule has 0 spiro atoms.